The molecule has 1 N–H and O–H groups in total. The van der Waals surface area contributed by atoms with Crippen molar-refractivity contribution in [3.63, 3.8) is 0 Å². The molecule has 1 aromatic rings. The van der Waals surface area contributed by atoms with Crippen LogP contribution in [-0.4, -0.2) is 18.0 Å². The van der Waals surface area contributed by atoms with Crippen LogP contribution in [0.2, 0.25) is 5.02 Å². The molecule has 1 aliphatic carbocycles. The molecule has 0 radical (unpaired) electrons. The van der Waals surface area contributed by atoms with E-state index in [1.807, 2.05) is 0 Å². The van der Waals surface area contributed by atoms with Crippen LogP contribution in [-0.2, 0) is 14.3 Å². The Balaban J connectivity index is 1.86. The first-order valence-corrected chi connectivity index (χ1v) is 6.71. The van der Waals surface area contributed by atoms with Crippen LogP contribution in [0, 0.1) is 5.92 Å². The molecule has 1 amide bonds. The lowest BCUT2D eigenvalue weighted by Gasteiger charge is -2.24. The Hall–Kier alpha value is -1.55. The van der Waals surface area contributed by atoms with Crippen molar-refractivity contribution in [3.8, 4) is 0 Å². The van der Waals surface area contributed by atoms with Gasteiger partial charge in [0.2, 0.25) is 0 Å². The topological polar surface area (TPSA) is 55.4 Å². The van der Waals surface area contributed by atoms with Crippen molar-refractivity contribution in [2.24, 2.45) is 5.92 Å². The van der Waals surface area contributed by atoms with Crippen LogP contribution in [0.15, 0.2) is 24.3 Å². The number of amides is 1. The number of carbonyl (C=O) groups excluding carboxylic acids is 2. The summed E-state index contributed by atoms with van der Waals surface area (Å²) in [7, 11) is 0. The molecule has 0 aliphatic heterocycles. The molecule has 1 saturated carbocycles. The molecule has 1 atom stereocenters. The van der Waals surface area contributed by atoms with Crippen molar-refractivity contribution in [3.05, 3.63) is 29.3 Å². The molecule has 0 aromatic heterocycles. The van der Waals surface area contributed by atoms with Gasteiger partial charge >= 0.3 is 5.97 Å². The number of nitrogens with one attached hydrogen (secondary N) is 1. The number of anilines is 1. The Morgan fingerprint density at radius 1 is 1.42 bits per heavy atom. The van der Waals surface area contributed by atoms with Crippen molar-refractivity contribution >= 4 is 29.2 Å². The van der Waals surface area contributed by atoms with E-state index in [0.717, 1.165) is 19.3 Å². The van der Waals surface area contributed by atoms with Gasteiger partial charge < -0.3 is 10.1 Å². The summed E-state index contributed by atoms with van der Waals surface area (Å²) >= 11 is 5.82. The van der Waals surface area contributed by atoms with E-state index in [-0.39, 0.29) is 17.8 Å². The summed E-state index contributed by atoms with van der Waals surface area (Å²) < 4.78 is 5.13. The molecule has 0 heterocycles. The molecule has 5 heteroatoms. The fraction of sp³-hybridized carbons (Fsp3) is 0.429. The summed E-state index contributed by atoms with van der Waals surface area (Å²) in [5.41, 5.74) is 0.587. The van der Waals surface area contributed by atoms with Gasteiger partial charge in [-0.25, -0.2) is 0 Å². The predicted octanol–water partition coefficient (Wildman–Crippen LogP) is 3.01. The lowest BCUT2D eigenvalue weighted by Crippen LogP contribution is -2.34. The number of halogens is 1. The molecular weight excluding hydrogens is 266 g/mol. The van der Waals surface area contributed by atoms with Gasteiger partial charge in [0.05, 0.1) is 5.92 Å². The van der Waals surface area contributed by atoms with Gasteiger partial charge in [-0.05, 0) is 38.0 Å². The molecule has 1 fully saturated rings. The number of carbonyl (C=O) groups is 2. The van der Waals surface area contributed by atoms with Crippen LogP contribution in [0.3, 0.4) is 0 Å². The number of hydrogen-bond donors (Lipinski definition) is 1. The van der Waals surface area contributed by atoms with Crippen molar-refractivity contribution in [2.75, 3.05) is 5.32 Å². The van der Waals surface area contributed by atoms with Crippen LogP contribution in [0.1, 0.15) is 26.2 Å². The Kier molecular flexibility index (Phi) is 4.43. The normalized spacial score (nSPS) is 16.3. The average Bonchev–Trinajstić information content (AvgIpc) is 2.26. The van der Waals surface area contributed by atoms with Gasteiger partial charge in [0.25, 0.3) is 5.91 Å². The number of hydrogen-bond acceptors (Lipinski definition) is 3. The van der Waals surface area contributed by atoms with Gasteiger partial charge in [0, 0.05) is 10.7 Å². The molecular formula is C14H16ClNO3. The highest BCUT2D eigenvalue weighted by Gasteiger charge is 2.29. The molecule has 1 aliphatic rings. The van der Waals surface area contributed by atoms with Crippen LogP contribution in [0.5, 0.6) is 0 Å². The quantitative estimate of drug-likeness (QED) is 0.863. The first kappa shape index (κ1) is 13.9. The van der Waals surface area contributed by atoms with Crippen LogP contribution in [0.25, 0.3) is 0 Å². The van der Waals surface area contributed by atoms with E-state index >= 15 is 0 Å². The fourth-order valence-electron chi connectivity index (χ4n) is 1.78. The smallest absolute Gasteiger partial charge is 0.309 e. The summed E-state index contributed by atoms with van der Waals surface area (Å²) in [6, 6.07) is 6.82. The second-order valence-corrected chi connectivity index (χ2v) is 5.14. The van der Waals surface area contributed by atoms with Gasteiger partial charge in [0.15, 0.2) is 6.10 Å². The summed E-state index contributed by atoms with van der Waals surface area (Å²) in [4.78, 5) is 23.5. The zero-order chi connectivity index (χ0) is 13.8. The molecule has 0 spiro atoms. The van der Waals surface area contributed by atoms with E-state index < -0.39 is 6.10 Å². The van der Waals surface area contributed by atoms with E-state index in [4.69, 9.17) is 16.3 Å². The molecule has 0 unspecified atom stereocenters. The monoisotopic (exact) mass is 281 g/mol. The molecule has 2 rings (SSSR count). The van der Waals surface area contributed by atoms with Crippen molar-refractivity contribution in [1.82, 2.24) is 0 Å². The highest BCUT2D eigenvalue weighted by molar-refractivity contribution is 6.30. The van der Waals surface area contributed by atoms with Crippen LogP contribution >= 0.6 is 11.6 Å². The van der Waals surface area contributed by atoms with E-state index in [9.17, 15) is 9.59 Å². The second kappa shape index (κ2) is 6.06. The third kappa shape index (κ3) is 3.70. The van der Waals surface area contributed by atoms with Crippen LogP contribution < -0.4 is 5.32 Å². The Bertz CT molecular complexity index is 485. The maximum absolute atomic E-state index is 11.9. The maximum atomic E-state index is 11.9. The highest BCUT2D eigenvalue weighted by atomic mass is 35.5. The van der Waals surface area contributed by atoms with Crippen molar-refractivity contribution in [1.29, 1.82) is 0 Å². The van der Waals surface area contributed by atoms with Gasteiger partial charge in [-0.15, -0.1) is 0 Å². The van der Waals surface area contributed by atoms with Crippen molar-refractivity contribution < 1.29 is 14.3 Å². The Morgan fingerprint density at radius 2 is 2.16 bits per heavy atom. The Morgan fingerprint density at radius 3 is 2.74 bits per heavy atom. The Labute approximate surface area is 117 Å². The maximum Gasteiger partial charge on any atom is 0.309 e. The molecule has 0 bridgehead atoms. The minimum atomic E-state index is -0.799. The third-order valence-corrected chi connectivity index (χ3v) is 3.43. The summed E-state index contributed by atoms with van der Waals surface area (Å²) in [6.45, 7) is 1.57. The number of rotatable bonds is 4. The third-order valence-electron chi connectivity index (χ3n) is 3.19. The zero-order valence-electron chi connectivity index (χ0n) is 10.7. The van der Waals surface area contributed by atoms with Gasteiger partial charge in [-0.1, -0.05) is 24.1 Å². The minimum absolute atomic E-state index is 0.0265. The SMILES string of the molecule is C[C@@H](OC(=O)C1CCC1)C(=O)Nc1cccc(Cl)c1. The van der Waals surface area contributed by atoms with Gasteiger partial charge in [-0.2, -0.15) is 0 Å². The first-order chi connectivity index (χ1) is 9.06. The molecule has 0 saturated heterocycles. The van der Waals surface area contributed by atoms with E-state index in [1.54, 1.807) is 31.2 Å². The minimum Gasteiger partial charge on any atom is -0.452 e. The highest BCUT2D eigenvalue weighted by Crippen LogP contribution is 2.27. The average molecular weight is 282 g/mol. The second-order valence-electron chi connectivity index (χ2n) is 4.71. The number of ether oxygens (including phenoxy) is 1. The zero-order valence-corrected chi connectivity index (χ0v) is 11.4. The first-order valence-electron chi connectivity index (χ1n) is 6.33. The summed E-state index contributed by atoms with van der Waals surface area (Å²) in [5, 5.41) is 3.20. The predicted molar refractivity (Wildman–Crippen MR) is 73.0 cm³/mol. The fourth-order valence-corrected chi connectivity index (χ4v) is 1.97. The summed E-state index contributed by atoms with van der Waals surface area (Å²) in [5.74, 6) is -0.656. The van der Waals surface area contributed by atoms with E-state index in [1.165, 1.54) is 0 Å². The lowest BCUT2D eigenvalue weighted by atomic mass is 9.86. The number of benzene rings is 1. The summed E-state index contributed by atoms with van der Waals surface area (Å²) in [6.07, 6.45) is 1.98. The van der Waals surface area contributed by atoms with Gasteiger partial charge in [0.1, 0.15) is 0 Å². The molecule has 1 aromatic carbocycles. The standard InChI is InChI=1S/C14H16ClNO3/c1-9(19-14(18)10-4-2-5-10)13(17)16-12-7-3-6-11(15)8-12/h3,6-10H,2,4-5H2,1H3,(H,16,17)/t9-/m1/s1. The van der Waals surface area contributed by atoms with Crippen LogP contribution in [0.4, 0.5) is 5.69 Å². The molecule has 4 nitrogen and oxygen atoms in total. The molecule has 102 valence electrons. The largest absolute Gasteiger partial charge is 0.452 e. The number of esters is 1. The lowest BCUT2D eigenvalue weighted by molar-refractivity contribution is -0.159. The van der Waals surface area contributed by atoms with Gasteiger partial charge in [-0.3, -0.25) is 9.59 Å². The van der Waals surface area contributed by atoms with E-state index in [0.29, 0.717) is 10.7 Å². The molecule has 19 heavy (non-hydrogen) atoms. The van der Waals surface area contributed by atoms with E-state index in [2.05, 4.69) is 5.32 Å². The van der Waals surface area contributed by atoms with Crippen molar-refractivity contribution in [2.45, 2.75) is 32.3 Å².